The minimum Gasteiger partial charge on any atom is -0.351 e. The Kier molecular flexibility index (Phi) is 6.00. The Morgan fingerprint density at radius 3 is 2.78 bits per heavy atom. The Bertz CT molecular complexity index is 671. The van der Waals surface area contributed by atoms with Crippen LogP contribution < -0.4 is 5.32 Å². The Morgan fingerprint density at radius 1 is 1.30 bits per heavy atom. The number of rotatable bonds is 6. The summed E-state index contributed by atoms with van der Waals surface area (Å²) in [5, 5.41) is 2.83. The highest BCUT2D eigenvalue weighted by molar-refractivity contribution is 5.91. The van der Waals surface area contributed by atoms with Crippen LogP contribution in [0.1, 0.15) is 17.3 Å². The maximum absolute atomic E-state index is 13.4. The first-order valence-electron chi connectivity index (χ1n) is 7.35. The summed E-state index contributed by atoms with van der Waals surface area (Å²) in [6.45, 7) is 0.391. The van der Waals surface area contributed by atoms with Gasteiger partial charge in [-0.2, -0.15) is 0 Å². The number of benzene rings is 1. The van der Waals surface area contributed by atoms with Crippen LogP contribution in [0.4, 0.5) is 4.39 Å². The van der Waals surface area contributed by atoms with Crippen LogP contribution in [-0.2, 0) is 4.79 Å². The maximum Gasteiger partial charge on any atom is 0.244 e. The van der Waals surface area contributed by atoms with Gasteiger partial charge in [0.1, 0.15) is 5.82 Å². The van der Waals surface area contributed by atoms with E-state index in [1.54, 1.807) is 18.3 Å². The highest BCUT2D eigenvalue weighted by Gasteiger charge is 2.15. The van der Waals surface area contributed by atoms with Crippen molar-refractivity contribution in [2.24, 2.45) is 0 Å². The minimum atomic E-state index is -0.282. The lowest BCUT2D eigenvalue weighted by Gasteiger charge is -2.24. The molecule has 0 radical (unpaired) electrons. The van der Waals surface area contributed by atoms with E-state index in [1.165, 1.54) is 18.2 Å². The van der Waals surface area contributed by atoms with Crippen molar-refractivity contribution in [1.29, 1.82) is 0 Å². The molecule has 0 aliphatic heterocycles. The first-order valence-corrected chi connectivity index (χ1v) is 7.35. The van der Waals surface area contributed by atoms with Crippen LogP contribution in [-0.4, -0.2) is 36.4 Å². The smallest absolute Gasteiger partial charge is 0.244 e. The third kappa shape index (κ3) is 5.30. The first kappa shape index (κ1) is 16.8. The molecule has 0 saturated heterocycles. The molecule has 4 nitrogen and oxygen atoms in total. The molecule has 5 heteroatoms. The molecule has 1 unspecified atom stereocenters. The van der Waals surface area contributed by atoms with Crippen molar-refractivity contribution in [2.75, 3.05) is 20.6 Å². The average Bonchev–Trinajstić information content (AvgIpc) is 2.54. The van der Waals surface area contributed by atoms with Gasteiger partial charge in [-0.05, 0) is 50.0 Å². The topological polar surface area (TPSA) is 45.2 Å². The number of aromatic nitrogens is 1. The summed E-state index contributed by atoms with van der Waals surface area (Å²) in [6, 6.07) is 11.8. The standard InChI is InChI=1S/C18H20FN3O/c1-22(2)17(14-6-5-7-15(19)12-14)13-21-18(23)10-9-16-8-3-4-11-20-16/h3-12,17H,13H2,1-2H3,(H,21,23)/b10-9+. The molecule has 1 N–H and O–H groups in total. The van der Waals surface area contributed by atoms with E-state index in [9.17, 15) is 9.18 Å². The summed E-state index contributed by atoms with van der Waals surface area (Å²) in [5.74, 6) is -0.491. The molecule has 1 heterocycles. The van der Waals surface area contributed by atoms with Crippen LogP contribution in [0.5, 0.6) is 0 Å². The van der Waals surface area contributed by atoms with Crippen LogP contribution in [0.2, 0.25) is 0 Å². The normalized spacial score (nSPS) is 12.5. The van der Waals surface area contributed by atoms with Crippen molar-refractivity contribution in [2.45, 2.75) is 6.04 Å². The zero-order valence-electron chi connectivity index (χ0n) is 13.2. The van der Waals surface area contributed by atoms with Crippen LogP contribution in [0, 0.1) is 5.82 Å². The number of hydrogen-bond acceptors (Lipinski definition) is 3. The quantitative estimate of drug-likeness (QED) is 0.834. The van der Waals surface area contributed by atoms with Crippen molar-refractivity contribution in [1.82, 2.24) is 15.2 Å². The molecule has 2 aromatic rings. The summed E-state index contributed by atoms with van der Waals surface area (Å²) in [5.41, 5.74) is 1.54. The fourth-order valence-corrected chi connectivity index (χ4v) is 2.20. The third-order valence-electron chi connectivity index (χ3n) is 3.42. The molecule has 0 aliphatic rings. The third-order valence-corrected chi connectivity index (χ3v) is 3.42. The predicted octanol–water partition coefficient (Wildman–Crippen LogP) is 2.65. The molecule has 2 rings (SSSR count). The maximum atomic E-state index is 13.4. The summed E-state index contributed by atoms with van der Waals surface area (Å²) in [7, 11) is 3.79. The van der Waals surface area contributed by atoms with Crippen LogP contribution in [0.25, 0.3) is 6.08 Å². The molecule has 0 spiro atoms. The van der Waals surface area contributed by atoms with Gasteiger partial charge < -0.3 is 10.2 Å². The van der Waals surface area contributed by atoms with E-state index >= 15 is 0 Å². The molecule has 1 atom stereocenters. The number of nitrogens with one attached hydrogen (secondary N) is 1. The van der Waals surface area contributed by atoms with E-state index in [4.69, 9.17) is 0 Å². The van der Waals surface area contributed by atoms with Crippen molar-refractivity contribution < 1.29 is 9.18 Å². The second-order valence-electron chi connectivity index (χ2n) is 5.37. The van der Waals surface area contributed by atoms with Crippen molar-refractivity contribution in [3.05, 3.63) is 71.8 Å². The van der Waals surface area contributed by atoms with E-state index < -0.39 is 0 Å². The molecular weight excluding hydrogens is 293 g/mol. The van der Waals surface area contributed by atoms with Crippen molar-refractivity contribution >= 4 is 12.0 Å². The Balaban J connectivity index is 1.96. The lowest BCUT2D eigenvalue weighted by atomic mass is 10.1. The zero-order valence-corrected chi connectivity index (χ0v) is 13.2. The fraction of sp³-hybridized carbons (Fsp3) is 0.222. The molecule has 23 heavy (non-hydrogen) atoms. The minimum absolute atomic E-state index is 0.0992. The van der Waals surface area contributed by atoms with Gasteiger partial charge in [-0.25, -0.2) is 4.39 Å². The summed E-state index contributed by atoms with van der Waals surface area (Å²) < 4.78 is 13.4. The van der Waals surface area contributed by atoms with Gasteiger partial charge in [0.25, 0.3) is 0 Å². The van der Waals surface area contributed by atoms with Crippen molar-refractivity contribution in [3.8, 4) is 0 Å². The number of hydrogen-bond donors (Lipinski definition) is 1. The van der Waals surface area contributed by atoms with Crippen LogP contribution >= 0.6 is 0 Å². The molecule has 0 aliphatic carbocycles. The van der Waals surface area contributed by atoms with E-state index in [2.05, 4.69) is 10.3 Å². The fourth-order valence-electron chi connectivity index (χ4n) is 2.20. The summed E-state index contributed by atoms with van der Waals surface area (Å²) >= 11 is 0. The van der Waals surface area contributed by atoms with E-state index in [0.717, 1.165) is 11.3 Å². The zero-order chi connectivity index (χ0) is 16.7. The molecule has 0 fully saturated rings. The van der Waals surface area contributed by atoms with E-state index in [-0.39, 0.29) is 17.8 Å². The number of carbonyl (C=O) groups excluding carboxylic acids is 1. The number of amides is 1. The average molecular weight is 313 g/mol. The summed E-state index contributed by atoms with van der Waals surface area (Å²) in [4.78, 5) is 18.0. The SMILES string of the molecule is CN(C)C(CNC(=O)/C=C/c1ccccn1)c1cccc(F)c1. The second-order valence-corrected chi connectivity index (χ2v) is 5.37. The Labute approximate surface area is 135 Å². The van der Waals surface area contributed by atoms with E-state index in [1.807, 2.05) is 43.3 Å². The Hall–Kier alpha value is -2.53. The molecule has 1 aromatic heterocycles. The van der Waals surface area contributed by atoms with Gasteiger partial charge in [-0.1, -0.05) is 18.2 Å². The van der Waals surface area contributed by atoms with Crippen LogP contribution in [0.15, 0.2) is 54.7 Å². The second kappa shape index (κ2) is 8.19. The lowest BCUT2D eigenvalue weighted by Crippen LogP contribution is -2.33. The van der Waals surface area contributed by atoms with Gasteiger partial charge in [-0.3, -0.25) is 9.78 Å². The molecule has 0 saturated carbocycles. The number of likely N-dealkylation sites (N-methyl/N-ethyl adjacent to an activating group) is 1. The van der Waals surface area contributed by atoms with Gasteiger partial charge >= 0.3 is 0 Å². The predicted molar refractivity (Wildman–Crippen MR) is 89.1 cm³/mol. The highest BCUT2D eigenvalue weighted by Crippen LogP contribution is 2.18. The Morgan fingerprint density at radius 2 is 2.13 bits per heavy atom. The number of halogens is 1. The largest absolute Gasteiger partial charge is 0.351 e. The summed E-state index contributed by atoms with van der Waals surface area (Å²) in [6.07, 6.45) is 4.77. The molecule has 0 bridgehead atoms. The molecule has 120 valence electrons. The van der Waals surface area contributed by atoms with Gasteiger partial charge in [0.15, 0.2) is 0 Å². The number of pyridine rings is 1. The molecule has 1 aromatic carbocycles. The van der Waals surface area contributed by atoms with Gasteiger partial charge in [-0.15, -0.1) is 0 Å². The van der Waals surface area contributed by atoms with Gasteiger partial charge in [0, 0.05) is 18.8 Å². The van der Waals surface area contributed by atoms with Gasteiger partial charge in [0.05, 0.1) is 11.7 Å². The monoisotopic (exact) mass is 313 g/mol. The molecule has 1 amide bonds. The van der Waals surface area contributed by atoms with Gasteiger partial charge in [0.2, 0.25) is 5.91 Å². The van der Waals surface area contributed by atoms with Crippen molar-refractivity contribution in [3.63, 3.8) is 0 Å². The number of nitrogens with zero attached hydrogens (tertiary/aromatic N) is 2. The lowest BCUT2D eigenvalue weighted by molar-refractivity contribution is -0.116. The highest BCUT2D eigenvalue weighted by atomic mass is 19.1. The molecular formula is C18H20FN3O. The van der Waals surface area contributed by atoms with E-state index in [0.29, 0.717) is 6.54 Å². The van der Waals surface area contributed by atoms with Crippen LogP contribution in [0.3, 0.4) is 0 Å². The number of carbonyl (C=O) groups is 1. The first-order chi connectivity index (χ1) is 11.1.